The second-order valence-corrected chi connectivity index (χ2v) is 7.51. The Morgan fingerprint density at radius 1 is 1.08 bits per heavy atom. The fourth-order valence-electron chi connectivity index (χ4n) is 3.23. The van der Waals surface area contributed by atoms with Gasteiger partial charge in [0.2, 0.25) is 0 Å². The van der Waals surface area contributed by atoms with Gasteiger partial charge >= 0.3 is 7.60 Å². The summed E-state index contributed by atoms with van der Waals surface area (Å²) in [7, 11) is -4.33. The lowest BCUT2D eigenvalue weighted by Crippen LogP contribution is -2.13. The predicted molar refractivity (Wildman–Crippen MR) is 96.5 cm³/mol. The number of benzene rings is 2. The molecule has 3 rings (SSSR count). The second-order valence-electron chi connectivity index (χ2n) is 5.81. The minimum absolute atomic E-state index is 0.491. The molecule has 5 heteroatoms. The van der Waals surface area contributed by atoms with Crippen molar-refractivity contribution in [3.05, 3.63) is 89.5 Å². The van der Waals surface area contributed by atoms with Crippen LogP contribution in [0, 0.1) is 0 Å². The number of allylic oxidation sites excluding steroid dienone is 1. The first kappa shape index (κ1) is 16.7. The van der Waals surface area contributed by atoms with E-state index in [4.69, 9.17) is 0 Å². The van der Waals surface area contributed by atoms with Crippen molar-refractivity contribution in [2.45, 2.75) is 12.1 Å². The average Bonchev–Trinajstić information content (AvgIpc) is 2.87. The van der Waals surface area contributed by atoms with Crippen molar-refractivity contribution >= 4 is 13.3 Å². The summed E-state index contributed by atoms with van der Waals surface area (Å²) < 4.78 is 12.2. The van der Waals surface area contributed by atoms with Crippen molar-refractivity contribution in [2.24, 2.45) is 0 Å². The summed E-state index contributed by atoms with van der Waals surface area (Å²) in [6.45, 7) is 4.25. The molecule has 1 unspecified atom stereocenters. The van der Waals surface area contributed by atoms with Gasteiger partial charge in [-0.25, -0.2) is 0 Å². The van der Waals surface area contributed by atoms with Crippen molar-refractivity contribution in [3.8, 4) is 0 Å². The molecule has 24 heavy (non-hydrogen) atoms. The summed E-state index contributed by atoms with van der Waals surface area (Å²) in [4.78, 5) is 20.0. The molecule has 3 N–H and O–H groups in total. The lowest BCUT2D eigenvalue weighted by atomic mass is 10.0. The van der Waals surface area contributed by atoms with Crippen LogP contribution < -0.4 is 5.32 Å². The lowest BCUT2D eigenvalue weighted by molar-refractivity contribution is 0.364. The maximum Gasteiger partial charge on any atom is 0.337 e. The van der Waals surface area contributed by atoms with E-state index in [1.807, 2.05) is 48.5 Å². The Hall–Kier alpha value is -2.13. The molecule has 2 aromatic carbocycles. The Labute approximate surface area is 141 Å². The Bertz CT molecular complexity index is 824. The number of hydrogen-bond donors (Lipinski definition) is 3. The lowest BCUT2D eigenvalue weighted by Gasteiger charge is -2.19. The van der Waals surface area contributed by atoms with Crippen LogP contribution in [-0.4, -0.2) is 16.3 Å². The van der Waals surface area contributed by atoms with Crippen molar-refractivity contribution in [2.75, 3.05) is 6.54 Å². The molecule has 0 amide bonds. The van der Waals surface area contributed by atoms with Crippen molar-refractivity contribution in [1.29, 1.82) is 0 Å². The third-order valence-electron chi connectivity index (χ3n) is 4.17. The summed E-state index contributed by atoms with van der Waals surface area (Å²) in [6.07, 6.45) is 2.23. The van der Waals surface area contributed by atoms with E-state index in [1.165, 1.54) is 0 Å². The van der Waals surface area contributed by atoms with Gasteiger partial charge in [0.15, 0.2) is 0 Å². The van der Waals surface area contributed by atoms with Gasteiger partial charge in [-0.2, -0.15) is 0 Å². The summed E-state index contributed by atoms with van der Waals surface area (Å²) in [5.74, 6) is 0. The summed E-state index contributed by atoms with van der Waals surface area (Å²) in [5.41, 5.74) is 3.21. The van der Waals surface area contributed by atoms with Crippen LogP contribution in [-0.2, 0) is 11.0 Å². The van der Waals surface area contributed by atoms with E-state index in [2.05, 4.69) is 11.9 Å². The Kier molecular flexibility index (Phi) is 4.72. The predicted octanol–water partition coefficient (Wildman–Crippen LogP) is 3.65. The van der Waals surface area contributed by atoms with Gasteiger partial charge in [-0.05, 0) is 23.1 Å². The van der Waals surface area contributed by atoms with Crippen LogP contribution in [0.15, 0.2) is 72.8 Å². The second kappa shape index (κ2) is 6.78. The minimum atomic E-state index is -4.33. The first-order valence-corrected chi connectivity index (χ1v) is 9.46. The van der Waals surface area contributed by atoms with Gasteiger partial charge in [0.1, 0.15) is 5.66 Å². The summed E-state index contributed by atoms with van der Waals surface area (Å²) in [6, 6.07) is 17.1. The molecule has 0 aliphatic heterocycles. The molecule has 0 radical (unpaired) electrons. The third kappa shape index (κ3) is 3.22. The molecule has 1 atom stereocenters. The van der Waals surface area contributed by atoms with Gasteiger partial charge in [-0.3, -0.25) is 4.57 Å². The fraction of sp³-hybridized carbons (Fsp3) is 0.158. The molecule has 0 bridgehead atoms. The highest BCUT2D eigenvalue weighted by atomic mass is 31.2. The molecule has 0 spiro atoms. The number of nitrogens with one attached hydrogen (secondary N) is 1. The van der Waals surface area contributed by atoms with Crippen molar-refractivity contribution in [1.82, 2.24) is 5.32 Å². The molecule has 0 aromatic heterocycles. The quantitative estimate of drug-likeness (QED) is 0.554. The van der Waals surface area contributed by atoms with Crippen LogP contribution in [0.1, 0.15) is 22.3 Å². The van der Waals surface area contributed by atoms with Gasteiger partial charge in [0.25, 0.3) is 0 Å². The largest absolute Gasteiger partial charge is 0.381 e. The van der Waals surface area contributed by atoms with Gasteiger partial charge in [0.05, 0.1) is 0 Å². The fourth-order valence-corrected chi connectivity index (χ4v) is 4.44. The summed E-state index contributed by atoms with van der Waals surface area (Å²) in [5, 5.41) is 3.28. The average molecular weight is 341 g/mol. The molecular formula is C19H20NO3P. The van der Waals surface area contributed by atoms with Gasteiger partial charge < -0.3 is 15.1 Å². The summed E-state index contributed by atoms with van der Waals surface area (Å²) >= 11 is 0. The maximum atomic E-state index is 12.2. The van der Waals surface area contributed by atoms with Crippen LogP contribution in [0.3, 0.4) is 0 Å². The van der Waals surface area contributed by atoms with Gasteiger partial charge in [-0.15, -0.1) is 6.58 Å². The van der Waals surface area contributed by atoms with Crippen LogP contribution in [0.5, 0.6) is 0 Å². The van der Waals surface area contributed by atoms with Crippen LogP contribution in [0.4, 0.5) is 0 Å². The molecule has 124 valence electrons. The zero-order valence-corrected chi connectivity index (χ0v) is 14.1. The Morgan fingerprint density at radius 3 is 2.42 bits per heavy atom. The van der Waals surface area contributed by atoms with Gasteiger partial charge in [0, 0.05) is 17.8 Å². The molecule has 1 aliphatic carbocycles. The van der Waals surface area contributed by atoms with E-state index in [0.717, 1.165) is 22.4 Å². The van der Waals surface area contributed by atoms with Crippen molar-refractivity contribution in [3.63, 3.8) is 0 Å². The Morgan fingerprint density at radius 2 is 1.75 bits per heavy atom. The monoisotopic (exact) mass is 341 g/mol. The zero-order chi connectivity index (χ0) is 17.2. The van der Waals surface area contributed by atoms with Crippen molar-refractivity contribution < 1.29 is 14.4 Å². The maximum absolute atomic E-state index is 12.2. The number of rotatable bonds is 6. The molecule has 0 saturated carbocycles. The standard InChI is InChI=1S/C19H20NO3P/c1-2-12-20-18-15-10-6-7-11-16(15)19(24(21,22)23)17(18)13-14-8-4-3-5-9-14/h2-11,19-20H,1,12-13H2,(H2,21,22,23). The number of fused-ring (bicyclic) bond motifs is 1. The molecular weight excluding hydrogens is 321 g/mol. The first-order chi connectivity index (χ1) is 11.5. The molecule has 0 saturated heterocycles. The van der Waals surface area contributed by atoms with Crippen LogP contribution in [0.2, 0.25) is 0 Å². The smallest absolute Gasteiger partial charge is 0.337 e. The zero-order valence-electron chi connectivity index (χ0n) is 13.2. The number of hydrogen-bond acceptors (Lipinski definition) is 2. The normalized spacial score (nSPS) is 16.8. The molecule has 0 heterocycles. The topological polar surface area (TPSA) is 69.6 Å². The van der Waals surface area contributed by atoms with Crippen LogP contribution >= 0.6 is 7.60 Å². The van der Waals surface area contributed by atoms with Gasteiger partial charge in [-0.1, -0.05) is 60.7 Å². The van der Waals surface area contributed by atoms with E-state index in [0.29, 0.717) is 18.5 Å². The highest BCUT2D eigenvalue weighted by Crippen LogP contribution is 2.61. The van der Waals surface area contributed by atoms with E-state index in [-0.39, 0.29) is 0 Å². The molecule has 4 nitrogen and oxygen atoms in total. The SMILES string of the molecule is C=CCNC1=C(Cc2ccccc2)C(P(=O)(O)O)c2ccccc21. The van der Waals surface area contributed by atoms with Crippen LogP contribution in [0.25, 0.3) is 5.70 Å². The van der Waals surface area contributed by atoms with E-state index >= 15 is 0 Å². The highest BCUT2D eigenvalue weighted by molar-refractivity contribution is 7.52. The van der Waals surface area contributed by atoms with E-state index in [9.17, 15) is 14.4 Å². The highest BCUT2D eigenvalue weighted by Gasteiger charge is 2.41. The minimum Gasteiger partial charge on any atom is -0.381 e. The first-order valence-electron chi connectivity index (χ1n) is 7.78. The molecule has 0 fully saturated rings. The van der Waals surface area contributed by atoms with E-state index < -0.39 is 13.3 Å². The van der Waals surface area contributed by atoms with E-state index in [1.54, 1.807) is 12.1 Å². The Balaban J connectivity index is 2.13. The molecule has 1 aliphatic rings. The molecule has 2 aromatic rings. The third-order valence-corrected chi connectivity index (χ3v) is 5.44.